The fraction of sp³-hybridized carbons (Fsp3) is 0.235. The molecule has 0 aromatic heterocycles. The van der Waals surface area contributed by atoms with E-state index in [2.05, 4.69) is 10.3 Å². The van der Waals surface area contributed by atoms with Crippen molar-refractivity contribution in [1.82, 2.24) is 9.79 Å². The molecule has 25 heavy (non-hydrogen) atoms. The van der Waals surface area contributed by atoms with Gasteiger partial charge in [-0.2, -0.15) is 4.31 Å². The minimum absolute atomic E-state index is 0.0893. The third kappa shape index (κ3) is 3.55. The van der Waals surface area contributed by atoms with E-state index >= 15 is 0 Å². The summed E-state index contributed by atoms with van der Waals surface area (Å²) < 4.78 is 27.4. The third-order valence-corrected chi connectivity index (χ3v) is 6.25. The van der Waals surface area contributed by atoms with Crippen molar-refractivity contribution >= 4 is 27.5 Å². The molecule has 1 aliphatic rings. The minimum Gasteiger partial charge on any atom is -0.277 e. The van der Waals surface area contributed by atoms with E-state index in [1.54, 1.807) is 0 Å². The van der Waals surface area contributed by atoms with Crippen LogP contribution in [0.4, 0.5) is 0 Å². The highest BCUT2D eigenvalue weighted by Crippen LogP contribution is 2.29. The number of fused-ring (bicyclic) bond motifs is 1. The molecule has 6 nitrogen and oxygen atoms in total. The Hall–Kier alpha value is -1.93. The van der Waals surface area contributed by atoms with Crippen LogP contribution in [-0.2, 0) is 32.6 Å². The van der Waals surface area contributed by atoms with E-state index < -0.39 is 22.0 Å². The first-order valence-electron chi connectivity index (χ1n) is 7.60. The molecular weight excluding hydrogens is 364 g/mol. The molecule has 3 rings (SSSR count). The second kappa shape index (κ2) is 7.13. The molecule has 8 heteroatoms. The molecule has 1 atom stereocenters. The molecule has 0 radical (unpaired) electrons. The van der Waals surface area contributed by atoms with Gasteiger partial charge in [-0.05, 0) is 41.8 Å². The van der Waals surface area contributed by atoms with Crippen molar-refractivity contribution in [3.05, 3.63) is 64.7 Å². The summed E-state index contributed by atoms with van der Waals surface area (Å²) in [6.45, 7) is 0.114. The standard InChI is InChI=1S/C17H17ClN2O4S/c1-24-19-17(21)16-10-12-4-2-3-5-13(12)11-20(16)25(22,23)15-8-6-14(18)7-9-15/h2-9,16H,10-11H2,1H3,(H,19,21)/t16-/m0/s1. The van der Waals surface area contributed by atoms with Gasteiger partial charge in [-0.15, -0.1) is 0 Å². The normalized spacial score (nSPS) is 17.8. The molecule has 0 bridgehead atoms. The monoisotopic (exact) mass is 380 g/mol. The number of sulfonamides is 1. The second-order valence-corrected chi connectivity index (χ2v) is 7.99. The molecule has 0 saturated carbocycles. The van der Waals surface area contributed by atoms with Gasteiger partial charge in [-0.1, -0.05) is 35.9 Å². The van der Waals surface area contributed by atoms with Crippen LogP contribution in [0.3, 0.4) is 0 Å². The lowest BCUT2D eigenvalue weighted by Gasteiger charge is -2.34. The van der Waals surface area contributed by atoms with Gasteiger partial charge in [-0.3, -0.25) is 9.63 Å². The van der Waals surface area contributed by atoms with Crippen molar-refractivity contribution in [3.8, 4) is 0 Å². The Morgan fingerprint density at radius 3 is 2.44 bits per heavy atom. The number of benzene rings is 2. The first-order valence-corrected chi connectivity index (χ1v) is 9.42. The molecule has 1 heterocycles. The van der Waals surface area contributed by atoms with E-state index in [1.807, 2.05) is 24.3 Å². The van der Waals surface area contributed by atoms with Crippen molar-refractivity contribution in [3.63, 3.8) is 0 Å². The average molecular weight is 381 g/mol. The van der Waals surface area contributed by atoms with E-state index in [0.29, 0.717) is 5.02 Å². The molecule has 2 aromatic carbocycles. The molecular formula is C17H17ClN2O4S. The zero-order valence-electron chi connectivity index (χ0n) is 13.5. The largest absolute Gasteiger partial charge is 0.277 e. The minimum atomic E-state index is -3.88. The van der Waals surface area contributed by atoms with Crippen LogP contribution in [0.1, 0.15) is 11.1 Å². The molecule has 1 N–H and O–H groups in total. The van der Waals surface area contributed by atoms with Crippen LogP contribution in [0, 0.1) is 0 Å². The number of carbonyl (C=O) groups excluding carboxylic acids is 1. The summed E-state index contributed by atoms with van der Waals surface area (Å²) in [5.41, 5.74) is 4.06. The lowest BCUT2D eigenvalue weighted by molar-refractivity contribution is -0.135. The molecule has 132 valence electrons. The maximum absolute atomic E-state index is 13.1. The zero-order chi connectivity index (χ0) is 18.0. The Bertz CT molecular complexity index is 884. The highest BCUT2D eigenvalue weighted by Gasteiger charge is 2.39. The van der Waals surface area contributed by atoms with Crippen molar-refractivity contribution in [1.29, 1.82) is 0 Å². The van der Waals surface area contributed by atoms with Crippen LogP contribution in [0.2, 0.25) is 5.02 Å². The Morgan fingerprint density at radius 2 is 1.80 bits per heavy atom. The Kier molecular flexibility index (Phi) is 5.10. The van der Waals surface area contributed by atoms with Crippen LogP contribution < -0.4 is 5.48 Å². The second-order valence-electron chi connectivity index (χ2n) is 5.66. The topological polar surface area (TPSA) is 75.7 Å². The fourth-order valence-electron chi connectivity index (χ4n) is 2.89. The Morgan fingerprint density at radius 1 is 1.16 bits per heavy atom. The van der Waals surface area contributed by atoms with Gasteiger partial charge in [0.15, 0.2) is 0 Å². The Balaban J connectivity index is 2.03. The van der Waals surface area contributed by atoms with E-state index in [1.165, 1.54) is 35.7 Å². The van der Waals surface area contributed by atoms with E-state index in [0.717, 1.165) is 11.1 Å². The number of halogens is 1. The lowest BCUT2D eigenvalue weighted by atomic mass is 9.95. The maximum Gasteiger partial charge on any atom is 0.262 e. The predicted octanol–water partition coefficient (Wildman–Crippen LogP) is 2.13. The van der Waals surface area contributed by atoms with Crippen molar-refractivity contribution < 1.29 is 18.0 Å². The Labute approximate surface area is 151 Å². The number of hydrogen-bond donors (Lipinski definition) is 1. The number of rotatable bonds is 4. The van der Waals surface area contributed by atoms with Crippen LogP contribution in [0.15, 0.2) is 53.4 Å². The predicted molar refractivity (Wildman–Crippen MR) is 93.3 cm³/mol. The average Bonchev–Trinajstić information content (AvgIpc) is 2.61. The van der Waals surface area contributed by atoms with Crippen molar-refractivity contribution in [2.75, 3.05) is 7.11 Å². The van der Waals surface area contributed by atoms with Gasteiger partial charge in [0, 0.05) is 11.6 Å². The zero-order valence-corrected chi connectivity index (χ0v) is 15.0. The van der Waals surface area contributed by atoms with Gasteiger partial charge in [0.25, 0.3) is 5.91 Å². The molecule has 2 aromatic rings. The molecule has 0 fully saturated rings. The van der Waals surface area contributed by atoms with Gasteiger partial charge in [-0.25, -0.2) is 13.9 Å². The molecule has 1 aliphatic heterocycles. The number of hydrogen-bond acceptors (Lipinski definition) is 4. The summed E-state index contributed by atoms with van der Waals surface area (Å²) >= 11 is 5.85. The van der Waals surface area contributed by atoms with Gasteiger partial charge in [0.1, 0.15) is 6.04 Å². The number of amides is 1. The number of nitrogens with zero attached hydrogens (tertiary/aromatic N) is 1. The number of nitrogens with one attached hydrogen (secondary N) is 1. The highest BCUT2D eigenvalue weighted by molar-refractivity contribution is 7.89. The maximum atomic E-state index is 13.1. The van der Waals surface area contributed by atoms with Crippen molar-refractivity contribution in [2.24, 2.45) is 0 Å². The van der Waals surface area contributed by atoms with Crippen LogP contribution in [0.5, 0.6) is 0 Å². The van der Waals surface area contributed by atoms with Gasteiger partial charge >= 0.3 is 0 Å². The van der Waals surface area contributed by atoms with Gasteiger partial charge in [0.2, 0.25) is 10.0 Å². The third-order valence-electron chi connectivity index (χ3n) is 4.13. The number of hydroxylamine groups is 1. The summed E-state index contributed by atoms with van der Waals surface area (Å²) in [6.07, 6.45) is 0.276. The summed E-state index contributed by atoms with van der Waals surface area (Å²) in [5, 5.41) is 0.441. The summed E-state index contributed by atoms with van der Waals surface area (Å²) in [7, 11) is -2.56. The van der Waals surface area contributed by atoms with Crippen LogP contribution in [0.25, 0.3) is 0 Å². The van der Waals surface area contributed by atoms with E-state index in [-0.39, 0.29) is 17.9 Å². The fourth-order valence-corrected chi connectivity index (χ4v) is 4.58. The van der Waals surface area contributed by atoms with Gasteiger partial charge in [0.05, 0.1) is 12.0 Å². The highest BCUT2D eigenvalue weighted by atomic mass is 35.5. The van der Waals surface area contributed by atoms with E-state index in [4.69, 9.17) is 11.6 Å². The smallest absolute Gasteiger partial charge is 0.262 e. The lowest BCUT2D eigenvalue weighted by Crippen LogP contribution is -2.52. The first kappa shape index (κ1) is 17.9. The first-order chi connectivity index (χ1) is 11.9. The molecule has 0 spiro atoms. The summed E-state index contributed by atoms with van der Waals surface area (Å²) in [6, 6.07) is 12.5. The summed E-state index contributed by atoms with van der Waals surface area (Å²) in [4.78, 5) is 17.2. The van der Waals surface area contributed by atoms with Crippen LogP contribution >= 0.6 is 11.6 Å². The summed E-state index contributed by atoms with van der Waals surface area (Å²) in [5.74, 6) is -0.505. The van der Waals surface area contributed by atoms with Crippen LogP contribution in [-0.4, -0.2) is 31.8 Å². The van der Waals surface area contributed by atoms with Gasteiger partial charge < -0.3 is 0 Å². The molecule has 0 unspecified atom stereocenters. The SMILES string of the molecule is CONC(=O)[C@@H]1Cc2ccccc2CN1S(=O)(=O)c1ccc(Cl)cc1. The molecule has 0 saturated heterocycles. The molecule has 1 amide bonds. The molecule has 0 aliphatic carbocycles. The van der Waals surface area contributed by atoms with Crippen molar-refractivity contribution in [2.45, 2.75) is 23.9 Å². The quantitative estimate of drug-likeness (QED) is 0.824. The number of carbonyl (C=O) groups is 1. The van der Waals surface area contributed by atoms with E-state index in [9.17, 15) is 13.2 Å².